The molecular weight excluding hydrogens is 152 g/mol. The molecule has 0 aromatic heterocycles. The normalized spacial score (nSPS) is 36.8. The molecular formula is C10H18O2. The average molecular weight is 170 g/mol. The highest BCUT2D eigenvalue weighted by molar-refractivity contribution is 5.13. The Balaban J connectivity index is 2.74. The zero-order valence-electron chi connectivity index (χ0n) is 7.99. The van der Waals surface area contributed by atoms with Gasteiger partial charge in [-0.15, -0.1) is 0 Å². The molecule has 0 aliphatic heterocycles. The number of hydrogen-bond acceptors (Lipinski definition) is 2. The maximum atomic E-state index is 9.75. The number of aliphatic hydroxyl groups is 2. The monoisotopic (exact) mass is 170 g/mol. The molecule has 2 heteroatoms. The van der Waals surface area contributed by atoms with Gasteiger partial charge in [0, 0.05) is 0 Å². The predicted octanol–water partition coefficient (Wildman–Crippen LogP) is 1.33. The Kier molecular flexibility index (Phi) is 2.91. The molecule has 0 fully saturated rings. The molecule has 3 atom stereocenters. The van der Waals surface area contributed by atoms with Gasteiger partial charge in [0.25, 0.3) is 0 Å². The summed E-state index contributed by atoms with van der Waals surface area (Å²) in [6, 6.07) is 0. The van der Waals surface area contributed by atoms with Crippen molar-refractivity contribution in [1.82, 2.24) is 0 Å². The van der Waals surface area contributed by atoms with E-state index in [1.807, 2.05) is 6.92 Å². The summed E-state index contributed by atoms with van der Waals surface area (Å²) >= 11 is 0. The minimum Gasteiger partial charge on any atom is -0.389 e. The first-order valence-corrected chi connectivity index (χ1v) is 4.56. The van der Waals surface area contributed by atoms with Gasteiger partial charge < -0.3 is 10.2 Å². The number of hydrogen-bond donors (Lipinski definition) is 2. The molecule has 2 nitrogen and oxygen atoms in total. The van der Waals surface area contributed by atoms with Crippen LogP contribution in [0.3, 0.4) is 0 Å². The van der Waals surface area contributed by atoms with Crippen LogP contribution in [0.4, 0.5) is 0 Å². The lowest BCUT2D eigenvalue weighted by molar-refractivity contribution is 0.0579. The van der Waals surface area contributed by atoms with Crippen LogP contribution in [0.25, 0.3) is 0 Å². The fraction of sp³-hybridized carbons (Fsp3) is 0.800. The number of rotatable bonds is 1. The van der Waals surface area contributed by atoms with Gasteiger partial charge in [-0.2, -0.15) is 0 Å². The van der Waals surface area contributed by atoms with Crippen LogP contribution in [-0.2, 0) is 0 Å². The molecule has 1 rings (SSSR count). The Hall–Kier alpha value is -0.340. The quantitative estimate of drug-likeness (QED) is 0.583. The van der Waals surface area contributed by atoms with Gasteiger partial charge in [0.15, 0.2) is 0 Å². The van der Waals surface area contributed by atoms with E-state index in [2.05, 4.69) is 13.8 Å². The van der Waals surface area contributed by atoms with Gasteiger partial charge in [-0.05, 0) is 30.8 Å². The van der Waals surface area contributed by atoms with Crippen LogP contribution in [0.5, 0.6) is 0 Å². The summed E-state index contributed by atoms with van der Waals surface area (Å²) in [5, 5.41) is 19.2. The third-order valence-corrected chi connectivity index (χ3v) is 2.70. The van der Waals surface area contributed by atoms with Crippen molar-refractivity contribution in [2.24, 2.45) is 11.8 Å². The minimum absolute atomic E-state index is 0.213. The van der Waals surface area contributed by atoms with Crippen molar-refractivity contribution in [2.75, 3.05) is 0 Å². The standard InChI is InChI=1S/C10H18O2/c1-6(2)9-5-8(11)4-7(3)10(9)12/h4,6,8-12H,5H2,1-3H3/t8-,9-,10-/m1/s1. The van der Waals surface area contributed by atoms with E-state index < -0.39 is 0 Å². The van der Waals surface area contributed by atoms with Gasteiger partial charge in [-0.25, -0.2) is 0 Å². The van der Waals surface area contributed by atoms with Crippen molar-refractivity contribution in [1.29, 1.82) is 0 Å². The molecule has 2 N–H and O–H groups in total. The first-order valence-electron chi connectivity index (χ1n) is 4.56. The largest absolute Gasteiger partial charge is 0.389 e. The van der Waals surface area contributed by atoms with Crippen LogP contribution in [0.15, 0.2) is 11.6 Å². The van der Waals surface area contributed by atoms with E-state index >= 15 is 0 Å². The van der Waals surface area contributed by atoms with Crippen molar-refractivity contribution in [2.45, 2.75) is 39.4 Å². The van der Waals surface area contributed by atoms with Crippen LogP contribution in [0, 0.1) is 11.8 Å². The summed E-state index contributed by atoms with van der Waals surface area (Å²) in [7, 11) is 0. The Labute approximate surface area is 73.9 Å². The van der Waals surface area contributed by atoms with Crippen LogP contribution in [0.2, 0.25) is 0 Å². The molecule has 0 aromatic carbocycles. The molecule has 0 saturated carbocycles. The maximum absolute atomic E-state index is 9.75. The molecule has 12 heavy (non-hydrogen) atoms. The SMILES string of the molecule is CC1=C[C@@H](O)C[C@H](C(C)C)[C@@H]1O. The molecule has 0 heterocycles. The van der Waals surface area contributed by atoms with E-state index in [-0.39, 0.29) is 18.1 Å². The Morgan fingerprint density at radius 1 is 1.42 bits per heavy atom. The highest BCUT2D eigenvalue weighted by Gasteiger charge is 2.29. The minimum atomic E-state index is -0.360. The molecule has 0 spiro atoms. The lowest BCUT2D eigenvalue weighted by Crippen LogP contribution is -2.33. The van der Waals surface area contributed by atoms with Crippen LogP contribution < -0.4 is 0 Å². The lowest BCUT2D eigenvalue weighted by atomic mass is 9.78. The zero-order valence-corrected chi connectivity index (χ0v) is 7.99. The summed E-state index contributed by atoms with van der Waals surface area (Å²) in [4.78, 5) is 0. The lowest BCUT2D eigenvalue weighted by Gasteiger charge is -2.32. The first-order chi connectivity index (χ1) is 5.52. The molecule has 70 valence electrons. The van der Waals surface area contributed by atoms with E-state index in [4.69, 9.17) is 0 Å². The van der Waals surface area contributed by atoms with Gasteiger partial charge in [-0.1, -0.05) is 19.9 Å². The smallest absolute Gasteiger partial charge is 0.0780 e. The maximum Gasteiger partial charge on any atom is 0.0780 e. The molecule has 1 aliphatic carbocycles. The predicted molar refractivity (Wildman–Crippen MR) is 48.7 cm³/mol. The highest BCUT2D eigenvalue weighted by atomic mass is 16.3. The van der Waals surface area contributed by atoms with E-state index in [0.29, 0.717) is 12.3 Å². The second-order valence-corrected chi connectivity index (χ2v) is 4.07. The molecule has 0 bridgehead atoms. The fourth-order valence-corrected chi connectivity index (χ4v) is 1.85. The molecule has 0 amide bonds. The summed E-state index contributed by atoms with van der Waals surface area (Å²) < 4.78 is 0. The summed E-state index contributed by atoms with van der Waals surface area (Å²) in [5.74, 6) is 0.642. The van der Waals surface area contributed by atoms with Gasteiger partial charge >= 0.3 is 0 Å². The average Bonchev–Trinajstić information content (AvgIpc) is 1.96. The third kappa shape index (κ3) is 1.87. The van der Waals surface area contributed by atoms with Crippen molar-refractivity contribution >= 4 is 0 Å². The summed E-state index contributed by atoms with van der Waals surface area (Å²) in [5.41, 5.74) is 0.910. The fourth-order valence-electron chi connectivity index (χ4n) is 1.85. The molecule has 1 aliphatic rings. The van der Waals surface area contributed by atoms with Crippen molar-refractivity contribution in [3.05, 3.63) is 11.6 Å². The molecule has 0 radical (unpaired) electrons. The van der Waals surface area contributed by atoms with E-state index in [1.54, 1.807) is 6.08 Å². The topological polar surface area (TPSA) is 40.5 Å². The zero-order chi connectivity index (χ0) is 9.30. The van der Waals surface area contributed by atoms with Crippen LogP contribution in [0.1, 0.15) is 27.2 Å². The number of aliphatic hydroxyl groups excluding tert-OH is 2. The van der Waals surface area contributed by atoms with Gasteiger partial charge in [-0.3, -0.25) is 0 Å². The van der Waals surface area contributed by atoms with Crippen LogP contribution >= 0.6 is 0 Å². The van der Waals surface area contributed by atoms with Crippen LogP contribution in [-0.4, -0.2) is 22.4 Å². The molecule has 0 saturated heterocycles. The van der Waals surface area contributed by atoms with Gasteiger partial charge in [0.2, 0.25) is 0 Å². The van der Waals surface area contributed by atoms with E-state index in [1.165, 1.54) is 0 Å². The Morgan fingerprint density at radius 2 is 2.00 bits per heavy atom. The Bertz CT molecular complexity index is 184. The highest BCUT2D eigenvalue weighted by Crippen LogP contribution is 2.30. The first kappa shape index (κ1) is 9.75. The van der Waals surface area contributed by atoms with Gasteiger partial charge in [0.05, 0.1) is 12.2 Å². The van der Waals surface area contributed by atoms with E-state index in [0.717, 1.165) is 5.57 Å². The van der Waals surface area contributed by atoms with Gasteiger partial charge in [0.1, 0.15) is 0 Å². The van der Waals surface area contributed by atoms with Crippen molar-refractivity contribution < 1.29 is 10.2 Å². The van der Waals surface area contributed by atoms with E-state index in [9.17, 15) is 10.2 Å². The Morgan fingerprint density at radius 3 is 2.50 bits per heavy atom. The second-order valence-electron chi connectivity index (χ2n) is 4.07. The third-order valence-electron chi connectivity index (χ3n) is 2.70. The van der Waals surface area contributed by atoms with Crippen molar-refractivity contribution in [3.63, 3.8) is 0 Å². The molecule has 0 aromatic rings. The summed E-state index contributed by atoms with van der Waals surface area (Å²) in [6.07, 6.45) is 1.73. The molecule has 0 unspecified atom stereocenters. The second kappa shape index (κ2) is 3.58. The van der Waals surface area contributed by atoms with Crippen molar-refractivity contribution in [3.8, 4) is 0 Å². The summed E-state index contributed by atoms with van der Waals surface area (Å²) in [6.45, 7) is 6.04.